The van der Waals surface area contributed by atoms with E-state index in [0.29, 0.717) is 35.8 Å². The smallest absolute Gasteiger partial charge is 0.326 e. The first kappa shape index (κ1) is 22.5. The minimum absolute atomic E-state index is 0.106. The lowest BCUT2D eigenvalue weighted by Crippen LogP contribution is -2.31. The SMILES string of the molecule is CCCCn1c(=O)[nH]c(=O)c2c1nc(CCC(=O)Nc1cccc(F)c1)n2CC(C)C. The second-order valence-corrected chi connectivity index (χ2v) is 8.03. The van der Waals surface area contributed by atoms with Crippen LogP contribution in [-0.4, -0.2) is 25.0 Å². The molecule has 31 heavy (non-hydrogen) atoms. The third-order valence-corrected chi connectivity index (χ3v) is 4.93. The van der Waals surface area contributed by atoms with E-state index in [-0.39, 0.29) is 24.7 Å². The molecule has 0 atom stereocenters. The topological polar surface area (TPSA) is 102 Å². The number of carbonyl (C=O) groups excluding carboxylic acids is 1. The monoisotopic (exact) mass is 429 g/mol. The Labute approximate surface area is 179 Å². The van der Waals surface area contributed by atoms with Crippen LogP contribution in [0.3, 0.4) is 0 Å². The van der Waals surface area contributed by atoms with Gasteiger partial charge in [0.1, 0.15) is 11.6 Å². The fourth-order valence-electron chi connectivity index (χ4n) is 3.51. The van der Waals surface area contributed by atoms with E-state index in [1.165, 1.54) is 22.8 Å². The number of aryl methyl sites for hydroxylation is 2. The highest BCUT2D eigenvalue weighted by Crippen LogP contribution is 2.17. The van der Waals surface area contributed by atoms with Crippen molar-refractivity contribution in [2.75, 3.05) is 5.32 Å². The van der Waals surface area contributed by atoms with Crippen molar-refractivity contribution in [1.82, 2.24) is 19.1 Å². The van der Waals surface area contributed by atoms with Gasteiger partial charge in [-0.15, -0.1) is 0 Å². The summed E-state index contributed by atoms with van der Waals surface area (Å²) in [4.78, 5) is 44.3. The highest BCUT2D eigenvalue weighted by Gasteiger charge is 2.19. The van der Waals surface area contributed by atoms with Gasteiger partial charge in [-0.1, -0.05) is 33.3 Å². The molecule has 2 heterocycles. The third kappa shape index (κ3) is 5.28. The summed E-state index contributed by atoms with van der Waals surface area (Å²) in [5.41, 5.74) is 0.130. The van der Waals surface area contributed by atoms with Gasteiger partial charge in [0.05, 0.1) is 0 Å². The van der Waals surface area contributed by atoms with Gasteiger partial charge in [-0.3, -0.25) is 19.1 Å². The van der Waals surface area contributed by atoms with Crippen LogP contribution >= 0.6 is 0 Å². The molecule has 0 aliphatic carbocycles. The van der Waals surface area contributed by atoms with Gasteiger partial charge in [0, 0.05) is 31.6 Å². The normalized spacial score (nSPS) is 11.4. The molecule has 2 aromatic heterocycles. The molecule has 0 saturated heterocycles. The van der Waals surface area contributed by atoms with Crippen LogP contribution in [0.2, 0.25) is 0 Å². The molecule has 0 aliphatic heterocycles. The Morgan fingerprint density at radius 2 is 2.03 bits per heavy atom. The number of unbranched alkanes of at least 4 members (excludes halogenated alkanes) is 1. The number of hydrogen-bond donors (Lipinski definition) is 2. The molecule has 1 aromatic carbocycles. The zero-order chi connectivity index (χ0) is 22.5. The first-order chi connectivity index (χ1) is 14.8. The molecule has 0 bridgehead atoms. The number of benzene rings is 1. The Hall–Kier alpha value is -3.23. The van der Waals surface area contributed by atoms with Crippen molar-refractivity contribution in [2.45, 2.75) is 59.5 Å². The standard InChI is InChI=1S/C22H28FN5O3/c1-4-5-11-27-20-19(21(30)26-22(27)31)28(13-14(2)3)17(25-20)9-10-18(29)24-16-8-6-7-15(23)12-16/h6-8,12,14H,4-5,9-11,13H2,1-3H3,(H,24,29)(H,26,30,31). The zero-order valence-electron chi connectivity index (χ0n) is 18.1. The van der Waals surface area contributed by atoms with Crippen molar-refractivity contribution in [1.29, 1.82) is 0 Å². The Kier molecular flexibility index (Phi) is 7.04. The molecule has 8 nitrogen and oxygen atoms in total. The van der Waals surface area contributed by atoms with E-state index in [2.05, 4.69) is 15.3 Å². The van der Waals surface area contributed by atoms with Crippen LogP contribution in [0.25, 0.3) is 11.2 Å². The number of nitrogens with one attached hydrogen (secondary N) is 2. The summed E-state index contributed by atoms with van der Waals surface area (Å²) >= 11 is 0. The highest BCUT2D eigenvalue weighted by molar-refractivity contribution is 5.90. The molecular weight excluding hydrogens is 401 g/mol. The summed E-state index contributed by atoms with van der Waals surface area (Å²) in [6.45, 7) is 7.06. The first-order valence-electron chi connectivity index (χ1n) is 10.6. The largest absolute Gasteiger partial charge is 0.330 e. The van der Waals surface area contributed by atoms with E-state index in [1.807, 2.05) is 20.8 Å². The molecule has 0 aliphatic rings. The van der Waals surface area contributed by atoms with Crippen molar-refractivity contribution in [3.63, 3.8) is 0 Å². The lowest BCUT2D eigenvalue weighted by Gasteiger charge is -2.11. The van der Waals surface area contributed by atoms with Gasteiger partial charge < -0.3 is 9.88 Å². The summed E-state index contributed by atoms with van der Waals surface area (Å²) in [5, 5.41) is 2.67. The van der Waals surface area contributed by atoms with Crippen LogP contribution < -0.4 is 16.6 Å². The van der Waals surface area contributed by atoms with Crippen LogP contribution in [0, 0.1) is 11.7 Å². The van der Waals surface area contributed by atoms with Crippen molar-refractivity contribution in [3.8, 4) is 0 Å². The number of nitrogens with zero attached hydrogens (tertiary/aromatic N) is 3. The van der Waals surface area contributed by atoms with Gasteiger partial charge in [-0.05, 0) is 30.5 Å². The predicted octanol–water partition coefficient (Wildman–Crippen LogP) is 3.05. The van der Waals surface area contributed by atoms with Crippen molar-refractivity contribution < 1.29 is 9.18 Å². The lowest BCUT2D eigenvalue weighted by molar-refractivity contribution is -0.116. The maximum atomic E-state index is 13.3. The van der Waals surface area contributed by atoms with E-state index < -0.39 is 17.1 Å². The number of H-pyrrole nitrogens is 1. The Morgan fingerprint density at radius 3 is 2.71 bits per heavy atom. The van der Waals surface area contributed by atoms with Gasteiger partial charge >= 0.3 is 5.69 Å². The summed E-state index contributed by atoms with van der Waals surface area (Å²) in [6.07, 6.45) is 2.06. The molecule has 0 fully saturated rings. The number of halogens is 1. The number of amides is 1. The second kappa shape index (κ2) is 9.72. The molecule has 0 saturated carbocycles. The molecule has 9 heteroatoms. The van der Waals surface area contributed by atoms with Crippen molar-refractivity contribution in [3.05, 3.63) is 56.7 Å². The number of aromatic amines is 1. The van der Waals surface area contributed by atoms with Gasteiger partial charge in [-0.25, -0.2) is 14.2 Å². The number of carbonyl (C=O) groups is 1. The fourth-order valence-corrected chi connectivity index (χ4v) is 3.51. The van der Waals surface area contributed by atoms with E-state index in [0.717, 1.165) is 12.8 Å². The van der Waals surface area contributed by atoms with Gasteiger partial charge in [-0.2, -0.15) is 0 Å². The van der Waals surface area contributed by atoms with Gasteiger partial charge in [0.2, 0.25) is 5.91 Å². The number of rotatable bonds is 9. The minimum atomic E-state index is -0.476. The molecule has 2 N–H and O–H groups in total. The molecular formula is C22H28FN5O3. The van der Waals surface area contributed by atoms with E-state index in [1.54, 1.807) is 10.6 Å². The van der Waals surface area contributed by atoms with Crippen LogP contribution in [0.1, 0.15) is 45.9 Å². The van der Waals surface area contributed by atoms with Crippen molar-refractivity contribution in [2.24, 2.45) is 5.92 Å². The molecule has 3 rings (SSSR count). The number of imidazole rings is 1. The van der Waals surface area contributed by atoms with Crippen LogP contribution in [0.15, 0.2) is 33.9 Å². The Balaban J connectivity index is 1.93. The molecule has 3 aromatic rings. The Bertz CT molecular complexity index is 1190. The first-order valence-corrected chi connectivity index (χ1v) is 10.6. The van der Waals surface area contributed by atoms with Crippen LogP contribution in [-0.2, 0) is 24.3 Å². The maximum absolute atomic E-state index is 13.3. The Morgan fingerprint density at radius 1 is 1.26 bits per heavy atom. The molecule has 1 amide bonds. The lowest BCUT2D eigenvalue weighted by atomic mass is 10.2. The summed E-state index contributed by atoms with van der Waals surface area (Å²) in [5.74, 6) is 0.0824. The summed E-state index contributed by atoms with van der Waals surface area (Å²) in [6, 6.07) is 5.69. The predicted molar refractivity (Wildman–Crippen MR) is 118 cm³/mol. The van der Waals surface area contributed by atoms with Crippen molar-refractivity contribution >= 4 is 22.8 Å². The number of anilines is 1. The third-order valence-electron chi connectivity index (χ3n) is 4.93. The van der Waals surface area contributed by atoms with E-state index in [4.69, 9.17) is 0 Å². The second-order valence-electron chi connectivity index (χ2n) is 8.03. The van der Waals surface area contributed by atoms with E-state index in [9.17, 15) is 18.8 Å². The fraction of sp³-hybridized carbons (Fsp3) is 0.455. The molecule has 0 unspecified atom stereocenters. The number of hydrogen-bond acceptors (Lipinski definition) is 4. The van der Waals surface area contributed by atoms with Gasteiger partial charge in [0.25, 0.3) is 5.56 Å². The molecule has 0 spiro atoms. The van der Waals surface area contributed by atoms with Crippen LogP contribution in [0.5, 0.6) is 0 Å². The average molecular weight is 429 g/mol. The average Bonchev–Trinajstić information content (AvgIpc) is 3.04. The van der Waals surface area contributed by atoms with Crippen LogP contribution in [0.4, 0.5) is 10.1 Å². The summed E-state index contributed by atoms with van der Waals surface area (Å²) < 4.78 is 16.6. The number of fused-ring (bicyclic) bond motifs is 1. The number of aromatic nitrogens is 4. The van der Waals surface area contributed by atoms with E-state index >= 15 is 0 Å². The highest BCUT2D eigenvalue weighted by atomic mass is 19.1. The van der Waals surface area contributed by atoms with Gasteiger partial charge in [0.15, 0.2) is 11.2 Å². The molecule has 166 valence electrons. The maximum Gasteiger partial charge on any atom is 0.330 e. The quantitative estimate of drug-likeness (QED) is 0.546. The molecule has 0 radical (unpaired) electrons. The summed E-state index contributed by atoms with van der Waals surface area (Å²) in [7, 11) is 0. The minimum Gasteiger partial charge on any atom is -0.326 e. The zero-order valence-corrected chi connectivity index (χ0v) is 18.1.